The molecule has 1 saturated heterocycles. The number of aliphatic carboxylic acids is 1. The normalized spacial score (nSPS) is 24.7. The first-order valence-corrected chi connectivity index (χ1v) is 7.85. The monoisotopic (exact) mass is 292 g/mol. The van der Waals surface area contributed by atoms with Crippen LogP contribution < -0.4 is 0 Å². The number of carboxylic acids is 1. The average Bonchev–Trinajstić information content (AvgIpc) is 2.25. The topological polar surface area (TPSA) is 95.0 Å². The number of carboxylic acid groups (broad SMARTS) is 1. The predicted octanol–water partition coefficient (Wildman–Crippen LogP) is -0.963. The Kier molecular flexibility index (Phi) is 4.92. The quantitative estimate of drug-likeness (QED) is 0.717. The third kappa shape index (κ3) is 4.17. The average molecular weight is 292 g/mol. The van der Waals surface area contributed by atoms with Gasteiger partial charge in [-0.05, 0) is 6.92 Å². The molecule has 0 aromatic carbocycles. The minimum atomic E-state index is -3.22. The van der Waals surface area contributed by atoms with Crippen molar-refractivity contribution in [2.75, 3.05) is 32.1 Å². The Labute approximate surface area is 113 Å². The van der Waals surface area contributed by atoms with Crippen LogP contribution in [0.3, 0.4) is 0 Å². The number of amides is 1. The fourth-order valence-electron chi connectivity index (χ4n) is 2.30. The van der Waals surface area contributed by atoms with Gasteiger partial charge in [-0.25, -0.2) is 8.42 Å². The lowest BCUT2D eigenvalue weighted by Gasteiger charge is -2.38. The van der Waals surface area contributed by atoms with Crippen molar-refractivity contribution in [3.8, 4) is 0 Å². The highest BCUT2D eigenvalue weighted by Crippen LogP contribution is 2.18. The summed E-state index contributed by atoms with van der Waals surface area (Å²) in [5.74, 6) is -1.45. The molecule has 0 radical (unpaired) electrons. The third-order valence-electron chi connectivity index (χ3n) is 3.28. The maximum absolute atomic E-state index is 11.9. The molecule has 1 aliphatic rings. The smallest absolute Gasteiger partial charge is 0.304 e. The lowest BCUT2D eigenvalue weighted by atomic mass is 10.1. The van der Waals surface area contributed by atoms with Gasteiger partial charge in [0.2, 0.25) is 5.91 Å². The van der Waals surface area contributed by atoms with E-state index in [2.05, 4.69) is 0 Å². The molecular weight excluding hydrogens is 272 g/mol. The van der Waals surface area contributed by atoms with Crippen molar-refractivity contribution in [2.45, 2.75) is 25.4 Å². The zero-order valence-electron chi connectivity index (χ0n) is 11.4. The lowest BCUT2D eigenvalue weighted by Crippen LogP contribution is -2.56. The molecule has 1 aliphatic heterocycles. The first-order chi connectivity index (χ1) is 8.64. The van der Waals surface area contributed by atoms with Crippen LogP contribution in [0.5, 0.6) is 0 Å². The minimum Gasteiger partial charge on any atom is -0.481 e. The second-order valence-electron chi connectivity index (χ2n) is 5.01. The van der Waals surface area contributed by atoms with Crippen LogP contribution in [0.4, 0.5) is 0 Å². The molecular formula is C11H20N2O5S. The highest BCUT2D eigenvalue weighted by Gasteiger charge is 2.37. The molecule has 19 heavy (non-hydrogen) atoms. The summed E-state index contributed by atoms with van der Waals surface area (Å²) in [5.41, 5.74) is 0. The Morgan fingerprint density at radius 2 is 2.00 bits per heavy atom. The van der Waals surface area contributed by atoms with Crippen LogP contribution in [-0.4, -0.2) is 79.4 Å². The van der Waals surface area contributed by atoms with Gasteiger partial charge in [0.25, 0.3) is 0 Å². The van der Waals surface area contributed by atoms with E-state index in [0.29, 0.717) is 0 Å². The molecule has 1 heterocycles. The van der Waals surface area contributed by atoms with E-state index >= 15 is 0 Å². The van der Waals surface area contributed by atoms with Crippen molar-refractivity contribution in [1.29, 1.82) is 0 Å². The van der Waals surface area contributed by atoms with E-state index in [1.807, 2.05) is 0 Å². The van der Waals surface area contributed by atoms with Gasteiger partial charge in [-0.15, -0.1) is 0 Å². The molecule has 0 saturated carbocycles. The van der Waals surface area contributed by atoms with Gasteiger partial charge in [0.1, 0.15) is 0 Å². The fraction of sp³-hybridized carbons (Fsp3) is 0.818. The van der Waals surface area contributed by atoms with Gasteiger partial charge in [-0.1, -0.05) is 0 Å². The Morgan fingerprint density at radius 1 is 1.42 bits per heavy atom. The number of nitrogens with zero attached hydrogens (tertiary/aromatic N) is 2. The predicted molar refractivity (Wildman–Crippen MR) is 69.6 cm³/mol. The summed E-state index contributed by atoms with van der Waals surface area (Å²) in [6.45, 7) is 1.87. The molecule has 2 atom stereocenters. The molecule has 1 N–H and O–H groups in total. The summed E-state index contributed by atoms with van der Waals surface area (Å²) in [6.07, 6.45) is -0.274. The summed E-state index contributed by atoms with van der Waals surface area (Å²) in [7, 11) is 0.0137. The summed E-state index contributed by atoms with van der Waals surface area (Å²) < 4.78 is 23.2. The number of likely N-dealkylation sites (N-methyl/N-ethyl adjacent to an activating group) is 1. The van der Waals surface area contributed by atoms with Gasteiger partial charge >= 0.3 is 5.97 Å². The molecule has 110 valence electrons. The van der Waals surface area contributed by atoms with Gasteiger partial charge in [0.05, 0.1) is 24.0 Å². The molecule has 1 amide bonds. The molecule has 1 fully saturated rings. The highest BCUT2D eigenvalue weighted by atomic mass is 32.2. The maximum Gasteiger partial charge on any atom is 0.304 e. The standard InChI is InChI=1S/C11H20N2O5S/c1-8(11(16)12(2)3)13-4-5-19(17,18)7-9(13)6-10(14)15/h8-9H,4-7H2,1-3H3,(H,14,15). The Bertz CT molecular complexity index is 460. The Hall–Kier alpha value is -1.15. The second-order valence-corrected chi connectivity index (χ2v) is 7.24. The van der Waals surface area contributed by atoms with Gasteiger partial charge in [0, 0.05) is 26.7 Å². The van der Waals surface area contributed by atoms with Gasteiger partial charge < -0.3 is 10.0 Å². The van der Waals surface area contributed by atoms with Crippen molar-refractivity contribution in [1.82, 2.24) is 9.80 Å². The van der Waals surface area contributed by atoms with Crippen molar-refractivity contribution < 1.29 is 23.1 Å². The zero-order chi connectivity index (χ0) is 14.8. The van der Waals surface area contributed by atoms with Crippen molar-refractivity contribution in [3.05, 3.63) is 0 Å². The number of rotatable bonds is 4. The number of hydrogen-bond donors (Lipinski definition) is 1. The van der Waals surface area contributed by atoms with Gasteiger partial charge in [-0.2, -0.15) is 0 Å². The van der Waals surface area contributed by atoms with Gasteiger partial charge in [0.15, 0.2) is 9.84 Å². The molecule has 1 rings (SSSR count). The van der Waals surface area contributed by atoms with E-state index in [1.165, 1.54) is 4.90 Å². The molecule has 0 spiro atoms. The molecule has 8 heteroatoms. The summed E-state index contributed by atoms with van der Waals surface area (Å²) >= 11 is 0. The fourth-order valence-corrected chi connectivity index (χ4v) is 3.85. The SMILES string of the molecule is CC(C(=O)N(C)C)N1CCS(=O)(=O)CC1CC(=O)O. The molecule has 0 aliphatic carbocycles. The second kappa shape index (κ2) is 5.87. The molecule has 2 unspecified atom stereocenters. The molecule has 0 aromatic rings. The van der Waals surface area contributed by atoms with Crippen molar-refractivity contribution in [2.24, 2.45) is 0 Å². The number of carbonyl (C=O) groups is 2. The van der Waals surface area contributed by atoms with Crippen LogP contribution in [-0.2, 0) is 19.4 Å². The van der Waals surface area contributed by atoms with Crippen LogP contribution in [0.2, 0.25) is 0 Å². The number of carbonyl (C=O) groups excluding carboxylic acids is 1. The van der Waals surface area contributed by atoms with Crippen LogP contribution in [0, 0.1) is 0 Å². The van der Waals surface area contributed by atoms with Crippen LogP contribution >= 0.6 is 0 Å². The van der Waals surface area contributed by atoms with E-state index in [9.17, 15) is 18.0 Å². The van der Waals surface area contributed by atoms with E-state index in [-0.39, 0.29) is 30.4 Å². The van der Waals surface area contributed by atoms with Crippen LogP contribution in [0.25, 0.3) is 0 Å². The molecule has 0 aromatic heterocycles. The summed E-state index contributed by atoms with van der Waals surface area (Å²) in [5, 5.41) is 8.87. The first-order valence-electron chi connectivity index (χ1n) is 6.03. The Morgan fingerprint density at radius 3 is 2.47 bits per heavy atom. The Balaban J connectivity index is 2.90. The summed E-state index contributed by atoms with van der Waals surface area (Å²) in [4.78, 5) is 25.9. The third-order valence-corrected chi connectivity index (χ3v) is 4.98. The largest absolute Gasteiger partial charge is 0.481 e. The maximum atomic E-state index is 11.9. The van der Waals surface area contributed by atoms with E-state index < -0.39 is 27.9 Å². The zero-order valence-corrected chi connectivity index (χ0v) is 12.2. The van der Waals surface area contributed by atoms with Gasteiger partial charge in [-0.3, -0.25) is 14.5 Å². The number of sulfone groups is 1. The lowest BCUT2D eigenvalue weighted by molar-refractivity contribution is -0.141. The number of hydrogen-bond acceptors (Lipinski definition) is 5. The molecule has 7 nitrogen and oxygen atoms in total. The molecule has 0 bridgehead atoms. The van der Waals surface area contributed by atoms with E-state index in [0.717, 1.165) is 0 Å². The van der Waals surface area contributed by atoms with Crippen LogP contribution in [0.15, 0.2) is 0 Å². The van der Waals surface area contributed by atoms with Crippen molar-refractivity contribution >= 4 is 21.7 Å². The summed E-state index contributed by atoms with van der Waals surface area (Å²) in [6, 6.07) is -1.16. The first kappa shape index (κ1) is 15.9. The van der Waals surface area contributed by atoms with E-state index in [4.69, 9.17) is 5.11 Å². The minimum absolute atomic E-state index is 0.0336. The van der Waals surface area contributed by atoms with Crippen molar-refractivity contribution in [3.63, 3.8) is 0 Å². The highest BCUT2D eigenvalue weighted by molar-refractivity contribution is 7.91. The van der Waals surface area contributed by atoms with E-state index in [1.54, 1.807) is 25.9 Å². The van der Waals surface area contributed by atoms with Crippen LogP contribution in [0.1, 0.15) is 13.3 Å².